The standard InChI is InChI=1S/C12H14BrNO3/c13-11-4-2-8(17-11)6-14-7-1-3-10(14)9(5-7)12(15)16/h2,4,7,9-10H,1,3,5-6H2,(H,15,16). The highest BCUT2D eigenvalue weighted by Crippen LogP contribution is 2.42. The third-order valence-electron chi connectivity index (χ3n) is 3.97. The second kappa shape index (κ2) is 4.14. The van der Waals surface area contributed by atoms with Crippen LogP contribution >= 0.6 is 15.9 Å². The number of carboxylic acid groups (broad SMARTS) is 1. The molecule has 0 aliphatic carbocycles. The lowest BCUT2D eigenvalue weighted by Crippen LogP contribution is -2.32. The van der Waals surface area contributed by atoms with Crippen molar-refractivity contribution in [2.24, 2.45) is 5.92 Å². The van der Waals surface area contributed by atoms with E-state index in [4.69, 9.17) is 9.52 Å². The van der Waals surface area contributed by atoms with E-state index in [1.54, 1.807) is 0 Å². The number of rotatable bonds is 3. The molecule has 5 heteroatoms. The highest BCUT2D eigenvalue weighted by molar-refractivity contribution is 9.10. The van der Waals surface area contributed by atoms with Crippen molar-refractivity contribution in [3.05, 3.63) is 22.6 Å². The summed E-state index contributed by atoms with van der Waals surface area (Å²) in [5, 5.41) is 9.17. The van der Waals surface area contributed by atoms with Crippen molar-refractivity contribution in [1.82, 2.24) is 4.90 Å². The van der Waals surface area contributed by atoms with Gasteiger partial charge in [-0.1, -0.05) is 0 Å². The Morgan fingerprint density at radius 3 is 2.94 bits per heavy atom. The molecule has 2 bridgehead atoms. The molecule has 3 atom stereocenters. The molecule has 0 radical (unpaired) electrons. The first-order chi connectivity index (χ1) is 8.15. The highest BCUT2D eigenvalue weighted by atomic mass is 79.9. The molecule has 1 aromatic rings. The lowest BCUT2D eigenvalue weighted by atomic mass is 9.89. The van der Waals surface area contributed by atoms with Crippen molar-refractivity contribution in [2.75, 3.05) is 0 Å². The van der Waals surface area contributed by atoms with Gasteiger partial charge < -0.3 is 9.52 Å². The summed E-state index contributed by atoms with van der Waals surface area (Å²) in [6.07, 6.45) is 2.92. The molecule has 3 unspecified atom stereocenters. The van der Waals surface area contributed by atoms with E-state index in [1.165, 1.54) is 0 Å². The zero-order valence-electron chi connectivity index (χ0n) is 9.30. The van der Waals surface area contributed by atoms with Gasteiger partial charge in [0.1, 0.15) is 5.76 Å². The number of nitrogens with zero attached hydrogens (tertiary/aromatic N) is 1. The van der Waals surface area contributed by atoms with Gasteiger partial charge in [-0.3, -0.25) is 9.69 Å². The molecular formula is C12H14BrNO3. The molecule has 0 spiro atoms. The van der Waals surface area contributed by atoms with Crippen molar-refractivity contribution in [3.8, 4) is 0 Å². The topological polar surface area (TPSA) is 53.7 Å². The Bertz CT molecular complexity index is 445. The number of aliphatic carboxylic acids is 1. The Morgan fingerprint density at radius 2 is 2.35 bits per heavy atom. The van der Waals surface area contributed by atoms with Gasteiger partial charge >= 0.3 is 5.97 Å². The Kier molecular flexibility index (Phi) is 2.75. The second-order valence-electron chi connectivity index (χ2n) is 4.86. The fourth-order valence-corrected chi connectivity index (χ4v) is 3.57. The maximum absolute atomic E-state index is 11.1. The Balaban J connectivity index is 1.75. The fraction of sp³-hybridized carbons (Fsp3) is 0.583. The normalized spacial score (nSPS) is 32.2. The molecule has 2 saturated heterocycles. The Hall–Kier alpha value is -0.810. The van der Waals surface area contributed by atoms with Crippen molar-refractivity contribution in [2.45, 2.75) is 37.9 Å². The third kappa shape index (κ3) is 1.91. The zero-order valence-corrected chi connectivity index (χ0v) is 10.9. The van der Waals surface area contributed by atoms with Gasteiger partial charge in [-0.05, 0) is 47.3 Å². The minimum atomic E-state index is -0.650. The van der Waals surface area contributed by atoms with Crippen LogP contribution in [0.5, 0.6) is 0 Å². The van der Waals surface area contributed by atoms with Crippen LogP contribution in [0.25, 0.3) is 0 Å². The van der Waals surface area contributed by atoms with Crippen LogP contribution in [0.15, 0.2) is 21.2 Å². The lowest BCUT2D eigenvalue weighted by molar-refractivity contribution is -0.142. The molecular weight excluding hydrogens is 286 g/mol. The van der Waals surface area contributed by atoms with Gasteiger partial charge in [0.15, 0.2) is 4.67 Å². The number of carbonyl (C=O) groups is 1. The van der Waals surface area contributed by atoms with E-state index in [0.29, 0.717) is 6.04 Å². The Labute approximate surface area is 108 Å². The summed E-state index contributed by atoms with van der Waals surface area (Å²) in [6.45, 7) is 0.727. The second-order valence-corrected chi connectivity index (χ2v) is 5.64. The predicted octanol–water partition coefficient (Wildman–Crippen LogP) is 2.48. The van der Waals surface area contributed by atoms with Crippen LogP contribution < -0.4 is 0 Å². The highest BCUT2D eigenvalue weighted by Gasteiger charge is 2.49. The molecule has 0 amide bonds. The van der Waals surface area contributed by atoms with Crippen LogP contribution in [-0.2, 0) is 11.3 Å². The van der Waals surface area contributed by atoms with Gasteiger partial charge in [-0.25, -0.2) is 0 Å². The first-order valence-electron chi connectivity index (χ1n) is 5.88. The van der Waals surface area contributed by atoms with E-state index in [9.17, 15) is 4.79 Å². The molecule has 3 rings (SSSR count). The first kappa shape index (κ1) is 11.3. The SMILES string of the molecule is O=C(O)C1CC2CCC1N2Cc1ccc(Br)o1. The fourth-order valence-electron chi connectivity index (χ4n) is 3.23. The van der Waals surface area contributed by atoms with Crippen molar-refractivity contribution in [1.29, 1.82) is 0 Å². The molecule has 1 N–H and O–H groups in total. The number of furan rings is 1. The van der Waals surface area contributed by atoms with E-state index in [-0.39, 0.29) is 12.0 Å². The van der Waals surface area contributed by atoms with Gasteiger partial charge in [0, 0.05) is 12.1 Å². The molecule has 0 aromatic carbocycles. The maximum atomic E-state index is 11.1. The van der Waals surface area contributed by atoms with Gasteiger partial charge in [0.2, 0.25) is 0 Å². The van der Waals surface area contributed by atoms with E-state index < -0.39 is 5.97 Å². The van der Waals surface area contributed by atoms with Crippen LogP contribution in [0.3, 0.4) is 0 Å². The summed E-state index contributed by atoms with van der Waals surface area (Å²) in [5.41, 5.74) is 0. The molecule has 3 heterocycles. The molecule has 2 aliphatic rings. The molecule has 2 aliphatic heterocycles. The van der Waals surface area contributed by atoms with Crippen LogP contribution in [0.1, 0.15) is 25.0 Å². The molecule has 4 nitrogen and oxygen atoms in total. The number of carboxylic acids is 1. The van der Waals surface area contributed by atoms with Gasteiger partial charge in [0.05, 0.1) is 12.5 Å². The van der Waals surface area contributed by atoms with Crippen molar-refractivity contribution < 1.29 is 14.3 Å². The smallest absolute Gasteiger partial charge is 0.308 e. The quantitative estimate of drug-likeness (QED) is 0.932. The monoisotopic (exact) mass is 299 g/mol. The zero-order chi connectivity index (χ0) is 12.0. The summed E-state index contributed by atoms with van der Waals surface area (Å²) in [7, 11) is 0. The van der Waals surface area contributed by atoms with E-state index in [2.05, 4.69) is 20.8 Å². The lowest BCUT2D eigenvalue weighted by Gasteiger charge is -2.21. The van der Waals surface area contributed by atoms with Crippen LogP contribution in [0, 0.1) is 5.92 Å². The van der Waals surface area contributed by atoms with Crippen LogP contribution in [-0.4, -0.2) is 28.1 Å². The van der Waals surface area contributed by atoms with Gasteiger partial charge in [0.25, 0.3) is 0 Å². The number of fused-ring (bicyclic) bond motifs is 2. The minimum absolute atomic E-state index is 0.188. The largest absolute Gasteiger partial charge is 0.481 e. The van der Waals surface area contributed by atoms with Crippen LogP contribution in [0.4, 0.5) is 0 Å². The van der Waals surface area contributed by atoms with Crippen molar-refractivity contribution in [3.63, 3.8) is 0 Å². The average Bonchev–Trinajstić information content (AvgIpc) is 2.95. The molecule has 0 saturated carbocycles. The summed E-state index contributed by atoms with van der Waals surface area (Å²) in [4.78, 5) is 13.4. The van der Waals surface area contributed by atoms with Gasteiger partial charge in [-0.2, -0.15) is 0 Å². The molecule has 92 valence electrons. The number of hydrogen-bond donors (Lipinski definition) is 1. The maximum Gasteiger partial charge on any atom is 0.308 e. The predicted molar refractivity (Wildman–Crippen MR) is 64.5 cm³/mol. The first-order valence-corrected chi connectivity index (χ1v) is 6.67. The summed E-state index contributed by atoms with van der Waals surface area (Å²) in [5.74, 6) is 0.0646. The van der Waals surface area contributed by atoms with Crippen molar-refractivity contribution >= 4 is 21.9 Å². The summed E-state index contributed by atoms with van der Waals surface area (Å²) < 4.78 is 6.22. The molecule has 2 fully saturated rings. The number of hydrogen-bond acceptors (Lipinski definition) is 3. The molecule has 17 heavy (non-hydrogen) atoms. The minimum Gasteiger partial charge on any atom is -0.481 e. The van der Waals surface area contributed by atoms with Crippen LogP contribution in [0.2, 0.25) is 0 Å². The summed E-state index contributed by atoms with van der Waals surface area (Å²) in [6, 6.07) is 4.44. The number of halogens is 1. The van der Waals surface area contributed by atoms with E-state index in [0.717, 1.165) is 36.2 Å². The molecule has 1 aromatic heterocycles. The van der Waals surface area contributed by atoms with E-state index >= 15 is 0 Å². The van der Waals surface area contributed by atoms with Gasteiger partial charge in [-0.15, -0.1) is 0 Å². The summed E-state index contributed by atoms with van der Waals surface area (Å²) >= 11 is 3.28. The Morgan fingerprint density at radius 1 is 1.53 bits per heavy atom. The third-order valence-corrected chi connectivity index (χ3v) is 4.39. The van der Waals surface area contributed by atoms with E-state index in [1.807, 2.05) is 12.1 Å². The average molecular weight is 300 g/mol.